The Labute approximate surface area is 137 Å². The quantitative estimate of drug-likeness (QED) is 0.845. The van der Waals surface area contributed by atoms with Crippen molar-refractivity contribution in [3.63, 3.8) is 0 Å². The molecule has 0 heterocycles. The van der Waals surface area contributed by atoms with Crippen molar-refractivity contribution in [2.45, 2.75) is 43.9 Å². The Hall–Kier alpha value is -1.36. The molecule has 2 atom stereocenters. The van der Waals surface area contributed by atoms with E-state index in [1.54, 1.807) is 12.1 Å². The molecular weight excluding hydrogens is 296 g/mol. The maximum atomic E-state index is 12.2. The summed E-state index contributed by atoms with van der Waals surface area (Å²) >= 11 is 2.01. The largest absolute Gasteiger partial charge is 0.508 e. The van der Waals surface area contributed by atoms with Crippen LogP contribution in [0.3, 0.4) is 0 Å². The van der Waals surface area contributed by atoms with Gasteiger partial charge < -0.3 is 15.3 Å². The van der Waals surface area contributed by atoms with Crippen LogP contribution in [-0.2, 0) is 6.42 Å². The van der Waals surface area contributed by atoms with Gasteiger partial charge in [-0.2, -0.15) is 11.8 Å². The fraction of sp³-hybridized carbons (Fsp3) is 0.588. The van der Waals surface area contributed by atoms with E-state index in [2.05, 4.69) is 12.2 Å². The van der Waals surface area contributed by atoms with E-state index in [0.29, 0.717) is 17.8 Å². The van der Waals surface area contributed by atoms with Gasteiger partial charge >= 0.3 is 6.03 Å². The number of benzene rings is 1. The zero-order valence-electron chi connectivity index (χ0n) is 13.4. The van der Waals surface area contributed by atoms with Gasteiger partial charge in [-0.1, -0.05) is 19.1 Å². The maximum absolute atomic E-state index is 12.2. The summed E-state index contributed by atoms with van der Waals surface area (Å²) < 4.78 is 0. The third kappa shape index (κ3) is 4.83. The number of phenols is 1. The topological polar surface area (TPSA) is 52.6 Å². The zero-order chi connectivity index (χ0) is 15.9. The first-order valence-corrected chi connectivity index (χ1v) is 9.05. The first-order valence-electron chi connectivity index (χ1n) is 8.00. The molecule has 1 aliphatic carbocycles. The van der Waals surface area contributed by atoms with E-state index < -0.39 is 0 Å². The summed E-state index contributed by atoms with van der Waals surface area (Å²) in [5, 5.41) is 12.9. The molecule has 0 spiro atoms. The number of phenolic OH excluding ortho intramolecular Hbond substituents is 1. The molecule has 4 nitrogen and oxygen atoms in total. The molecule has 2 N–H and O–H groups in total. The molecule has 2 rings (SSSR count). The van der Waals surface area contributed by atoms with E-state index in [9.17, 15) is 9.90 Å². The molecule has 0 saturated heterocycles. The molecule has 2 amide bonds. The maximum Gasteiger partial charge on any atom is 0.317 e. The molecule has 1 aliphatic rings. The van der Waals surface area contributed by atoms with Gasteiger partial charge in [0.25, 0.3) is 0 Å². The van der Waals surface area contributed by atoms with Gasteiger partial charge in [0.1, 0.15) is 5.75 Å². The lowest BCUT2D eigenvalue weighted by molar-refractivity contribution is 0.191. The molecule has 1 saturated carbocycles. The van der Waals surface area contributed by atoms with E-state index >= 15 is 0 Å². The molecular formula is C17H26N2O2S. The fourth-order valence-electron chi connectivity index (χ4n) is 2.92. The number of rotatable bonds is 6. The molecule has 1 aromatic rings. The second kappa shape index (κ2) is 8.32. The predicted octanol–water partition coefficient (Wildman–Crippen LogP) is 3.25. The van der Waals surface area contributed by atoms with Crippen molar-refractivity contribution < 1.29 is 9.90 Å². The van der Waals surface area contributed by atoms with Crippen LogP contribution in [0.5, 0.6) is 5.75 Å². The number of nitrogens with zero attached hydrogens (tertiary/aromatic N) is 1. The van der Waals surface area contributed by atoms with E-state index in [1.165, 1.54) is 6.42 Å². The van der Waals surface area contributed by atoms with Gasteiger partial charge in [-0.15, -0.1) is 0 Å². The number of hydrogen-bond donors (Lipinski definition) is 2. The second-order valence-corrected chi connectivity index (χ2v) is 7.38. The summed E-state index contributed by atoms with van der Waals surface area (Å²) in [7, 11) is 1.90. The summed E-state index contributed by atoms with van der Waals surface area (Å²) in [4.78, 5) is 14.1. The normalized spacial score (nSPS) is 20.8. The number of hydrogen-bond acceptors (Lipinski definition) is 3. The summed E-state index contributed by atoms with van der Waals surface area (Å²) in [5.41, 5.74) is 1.11. The van der Waals surface area contributed by atoms with Gasteiger partial charge in [0.15, 0.2) is 0 Å². The molecule has 1 aromatic carbocycles. The van der Waals surface area contributed by atoms with Gasteiger partial charge in [0, 0.05) is 24.9 Å². The highest BCUT2D eigenvalue weighted by Gasteiger charge is 2.29. The number of carbonyl (C=O) groups excluding carboxylic acids is 1. The highest BCUT2D eigenvalue weighted by Crippen LogP contribution is 2.32. The number of nitrogens with one attached hydrogen (secondary N) is 1. The SMILES string of the molecule is CCS[C@@H]1CC[C@@H](N(C)C(=O)NCCc2ccc(O)cc2)C1. The van der Waals surface area contributed by atoms with Crippen LogP contribution >= 0.6 is 11.8 Å². The monoisotopic (exact) mass is 322 g/mol. The van der Waals surface area contributed by atoms with Crippen LogP contribution in [0.4, 0.5) is 4.79 Å². The minimum Gasteiger partial charge on any atom is -0.508 e. The van der Waals surface area contributed by atoms with Crippen molar-refractivity contribution in [2.75, 3.05) is 19.3 Å². The van der Waals surface area contributed by atoms with Gasteiger partial charge in [-0.05, 0) is 49.1 Å². The van der Waals surface area contributed by atoms with Crippen molar-refractivity contribution in [1.82, 2.24) is 10.2 Å². The molecule has 122 valence electrons. The van der Waals surface area contributed by atoms with Crippen molar-refractivity contribution >= 4 is 17.8 Å². The number of aromatic hydroxyl groups is 1. The lowest BCUT2D eigenvalue weighted by Crippen LogP contribution is -2.43. The van der Waals surface area contributed by atoms with Crippen molar-refractivity contribution in [3.05, 3.63) is 29.8 Å². The number of amides is 2. The van der Waals surface area contributed by atoms with Gasteiger partial charge in [0.2, 0.25) is 0 Å². The first kappa shape index (κ1) is 17.0. The molecule has 0 unspecified atom stereocenters. The van der Waals surface area contributed by atoms with Gasteiger partial charge in [-0.3, -0.25) is 0 Å². The van der Waals surface area contributed by atoms with E-state index in [4.69, 9.17) is 0 Å². The summed E-state index contributed by atoms with van der Waals surface area (Å²) in [6, 6.07) is 7.51. The van der Waals surface area contributed by atoms with Crippen LogP contribution in [0.25, 0.3) is 0 Å². The van der Waals surface area contributed by atoms with Gasteiger partial charge in [-0.25, -0.2) is 4.79 Å². The zero-order valence-corrected chi connectivity index (χ0v) is 14.2. The first-order chi connectivity index (χ1) is 10.6. The van der Waals surface area contributed by atoms with E-state index in [1.807, 2.05) is 35.8 Å². The van der Waals surface area contributed by atoms with Crippen LogP contribution in [-0.4, -0.2) is 46.7 Å². The highest BCUT2D eigenvalue weighted by atomic mass is 32.2. The Morgan fingerprint density at radius 3 is 2.77 bits per heavy atom. The van der Waals surface area contributed by atoms with Crippen LogP contribution in [0.1, 0.15) is 31.7 Å². The lowest BCUT2D eigenvalue weighted by Gasteiger charge is -2.25. The third-order valence-electron chi connectivity index (χ3n) is 4.25. The molecule has 1 fully saturated rings. The summed E-state index contributed by atoms with van der Waals surface area (Å²) in [6.45, 7) is 2.81. The van der Waals surface area contributed by atoms with Gasteiger partial charge in [0.05, 0.1) is 0 Å². The van der Waals surface area contributed by atoms with Crippen LogP contribution in [0, 0.1) is 0 Å². The molecule has 0 aliphatic heterocycles. The Morgan fingerprint density at radius 1 is 1.36 bits per heavy atom. The number of urea groups is 1. The summed E-state index contributed by atoms with van der Waals surface area (Å²) in [5.74, 6) is 1.42. The Kier molecular flexibility index (Phi) is 6.43. The smallest absolute Gasteiger partial charge is 0.317 e. The van der Waals surface area contributed by atoms with Crippen molar-refractivity contribution in [3.8, 4) is 5.75 Å². The van der Waals surface area contributed by atoms with Crippen molar-refractivity contribution in [1.29, 1.82) is 0 Å². The molecule has 0 bridgehead atoms. The predicted molar refractivity (Wildman–Crippen MR) is 92.5 cm³/mol. The molecule has 0 radical (unpaired) electrons. The molecule has 22 heavy (non-hydrogen) atoms. The van der Waals surface area contributed by atoms with E-state index in [0.717, 1.165) is 30.6 Å². The number of carbonyl (C=O) groups is 1. The fourth-order valence-corrected chi connectivity index (χ4v) is 4.06. The Morgan fingerprint density at radius 2 is 2.09 bits per heavy atom. The minimum absolute atomic E-state index is 0.0194. The van der Waals surface area contributed by atoms with Crippen LogP contribution in [0.2, 0.25) is 0 Å². The average molecular weight is 322 g/mol. The van der Waals surface area contributed by atoms with E-state index in [-0.39, 0.29) is 11.8 Å². The molecule has 0 aromatic heterocycles. The second-order valence-electron chi connectivity index (χ2n) is 5.80. The average Bonchev–Trinajstić information content (AvgIpc) is 2.97. The minimum atomic E-state index is 0.0194. The highest BCUT2D eigenvalue weighted by molar-refractivity contribution is 7.99. The van der Waals surface area contributed by atoms with Crippen molar-refractivity contribution in [2.24, 2.45) is 0 Å². The summed E-state index contributed by atoms with van der Waals surface area (Å²) in [6.07, 6.45) is 4.22. The molecule has 5 heteroatoms. The van der Waals surface area contributed by atoms with Crippen LogP contribution in [0.15, 0.2) is 24.3 Å². The third-order valence-corrected chi connectivity index (χ3v) is 5.49. The Bertz CT molecular complexity index is 478. The van der Waals surface area contributed by atoms with Crippen LogP contribution < -0.4 is 5.32 Å². The lowest BCUT2D eigenvalue weighted by atomic mass is 10.1. The Balaban J connectivity index is 1.71. The number of thioether (sulfide) groups is 1. The standard InChI is InChI=1S/C17H26N2O2S/c1-3-22-16-9-6-14(12-16)19(2)17(21)18-11-10-13-4-7-15(20)8-5-13/h4-5,7-8,14,16,20H,3,6,9-12H2,1-2H3,(H,18,21)/t14-,16-/m1/s1.